The summed E-state index contributed by atoms with van der Waals surface area (Å²) >= 11 is 5.56. The third kappa shape index (κ3) is 7.90. The van der Waals surface area contributed by atoms with Crippen molar-refractivity contribution in [3.05, 3.63) is 101 Å². The second-order valence-electron chi connectivity index (χ2n) is 10.6. The molecular formula is C34H36ClFN4O3S. The van der Waals surface area contributed by atoms with E-state index >= 15 is 0 Å². The molecule has 0 aliphatic carbocycles. The minimum Gasteiger partial charge on any atom is -0.616 e. The first-order valence-electron chi connectivity index (χ1n) is 14.7. The fourth-order valence-electron chi connectivity index (χ4n) is 5.20. The maximum absolute atomic E-state index is 13.5. The maximum Gasteiger partial charge on any atom is 0.141 e. The quantitative estimate of drug-likeness (QED) is 0.122. The van der Waals surface area contributed by atoms with Gasteiger partial charge in [-0.15, -0.1) is 0 Å². The van der Waals surface area contributed by atoms with Crippen molar-refractivity contribution >= 4 is 45.2 Å². The Kier molecular flexibility index (Phi) is 10.8. The van der Waals surface area contributed by atoms with Crippen LogP contribution in [-0.2, 0) is 17.8 Å². The zero-order chi connectivity index (χ0) is 31.1. The van der Waals surface area contributed by atoms with E-state index in [1.807, 2.05) is 36.4 Å². The van der Waals surface area contributed by atoms with Crippen LogP contribution in [0.5, 0.6) is 5.75 Å². The summed E-state index contributed by atoms with van der Waals surface area (Å²) in [6.45, 7) is 6.34. The summed E-state index contributed by atoms with van der Waals surface area (Å²) in [4.78, 5) is 11.3. The van der Waals surface area contributed by atoms with Gasteiger partial charge < -0.3 is 19.0 Å². The van der Waals surface area contributed by atoms with Gasteiger partial charge in [-0.3, -0.25) is 4.90 Å². The van der Waals surface area contributed by atoms with Gasteiger partial charge in [0.05, 0.1) is 16.8 Å². The molecule has 44 heavy (non-hydrogen) atoms. The average molecular weight is 635 g/mol. The Labute approximate surface area is 265 Å². The summed E-state index contributed by atoms with van der Waals surface area (Å²) in [6, 6.07) is 21.5. The van der Waals surface area contributed by atoms with E-state index in [2.05, 4.69) is 34.0 Å². The summed E-state index contributed by atoms with van der Waals surface area (Å²) in [5.74, 6) is 2.85. The van der Waals surface area contributed by atoms with Crippen LogP contribution in [0, 0.1) is 5.82 Å². The average Bonchev–Trinajstić information content (AvgIpc) is 3.50. The van der Waals surface area contributed by atoms with Crippen molar-refractivity contribution < 1.29 is 18.1 Å². The Bertz CT molecular complexity index is 1690. The summed E-state index contributed by atoms with van der Waals surface area (Å²) in [5.41, 5.74) is 3.09. The lowest BCUT2D eigenvalue weighted by Gasteiger charge is -2.29. The summed E-state index contributed by atoms with van der Waals surface area (Å²) in [6.07, 6.45) is 5.28. The molecule has 230 valence electrons. The number of anilines is 2. The first-order chi connectivity index (χ1) is 21.3. The number of hydrogen-bond donors (Lipinski definition) is 1. The first-order valence-corrected chi connectivity index (χ1v) is 16.8. The standard InChI is InChI=1S/C34H36ClFN4O3S/c1-4-15-40(16-5-2)30(21-44(3)41)33-14-13-31(43-33)24-9-11-29-27(18-24)34(38-22-37-29)39-26-10-12-32(28(35)19-26)42-20-23-7-6-8-25(36)17-23/h6-14,17-19,22,30H,4-5,15-16,20-21H2,1-3H3,(H,37,38,39)/t30-,44?/m1/s1. The van der Waals surface area contributed by atoms with Gasteiger partial charge in [0.1, 0.15) is 53.6 Å². The van der Waals surface area contributed by atoms with Crippen LogP contribution in [0.1, 0.15) is 44.1 Å². The molecule has 0 saturated carbocycles. The second-order valence-corrected chi connectivity index (χ2v) is 12.5. The highest BCUT2D eigenvalue weighted by molar-refractivity contribution is 7.90. The van der Waals surface area contributed by atoms with E-state index in [1.54, 1.807) is 30.5 Å². The number of nitrogens with zero attached hydrogens (tertiary/aromatic N) is 3. The normalized spacial score (nSPS) is 12.9. The van der Waals surface area contributed by atoms with Gasteiger partial charge in [-0.2, -0.15) is 0 Å². The molecule has 2 atom stereocenters. The Balaban J connectivity index is 1.37. The summed E-state index contributed by atoms with van der Waals surface area (Å²) in [5, 5.41) is 4.58. The number of nitrogens with one attached hydrogen (secondary N) is 1. The highest BCUT2D eigenvalue weighted by Crippen LogP contribution is 2.34. The number of furan rings is 1. The smallest absolute Gasteiger partial charge is 0.141 e. The molecule has 10 heteroatoms. The Morgan fingerprint density at radius 2 is 1.84 bits per heavy atom. The molecule has 0 aliphatic rings. The highest BCUT2D eigenvalue weighted by Gasteiger charge is 2.26. The van der Waals surface area contributed by atoms with Crippen LogP contribution in [0.2, 0.25) is 5.02 Å². The number of halogens is 2. The molecule has 5 aromatic rings. The summed E-state index contributed by atoms with van der Waals surface area (Å²) < 4.78 is 38.0. The molecule has 0 aliphatic heterocycles. The lowest BCUT2D eigenvalue weighted by atomic mass is 10.1. The number of fused-ring (bicyclic) bond motifs is 1. The van der Waals surface area contributed by atoms with Crippen LogP contribution in [0.15, 0.2) is 83.5 Å². The Morgan fingerprint density at radius 3 is 2.57 bits per heavy atom. The van der Waals surface area contributed by atoms with Crippen LogP contribution in [0.25, 0.3) is 22.2 Å². The highest BCUT2D eigenvalue weighted by atomic mass is 35.5. The molecule has 0 bridgehead atoms. The molecule has 1 unspecified atom stereocenters. The van der Waals surface area contributed by atoms with Gasteiger partial charge in [-0.25, -0.2) is 14.4 Å². The molecule has 7 nitrogen and oxygen atoms in total. The predicted octanol–water partition coefficient (Wildman–Crippen LogP) is 8.55. The molecule has 1 N–H and O–H groups in total. The molecule has 2 heterocycles. The molecule has 0 radical (unpaired) electrons. The van der Waals surface area contributed by atoms with Gasteiger partial charge in [0.2, 0.25) is 0 Å². The molecule has 3 aromatic carbocycles. The van der Waals surface area contributed by atoms with Gasteiger partial charge in [0.15, 0.2) is 0 Å². The fraction of sp³-hybridized carbons (Fsp3) is 0.294. The van der Waals surface area contributed by atoms with Crippen molar-refractivity contribution in [1.82, 2.24) is 14.9 Å². The third-order valence-electron chi connectivity index (χ3n) is 7.21. The topological polar surface area (TPSA) is 86.5 Å². The zero-order valence-electron chi connectivity index (χ0n) is 25.1. The predicted molar refractivity (Wildman–Crippen MR) is 177 cm³/mol. The Hall–Kier alpha value is -3.63. The van der Waals surface area contributed by atoms with Crippen LogP contribution in [-0.4, -0.2) is 44.5 Å². The Morgan fingerprint density at radius 1 is 1.02 bits per heavy atom. The van der Waals surface area contributed by atoms with E-state index in [1.165, 1.54) is 18.5 Å². The SMILES string of the molecule is CCCN(CCC)[C@H](C[S+](C)[O-])c1ccc(-c2ccc3ncnc(Nc4ccc(OCc5cccc(F)c5)c(Cl)c4)c3c2)o1. The lowest BCUT2D eigenvalue weighted by Crippen LogP contribution is -2.34. The number of ether oxygens (including phenoxy) is 1. The minimum absolute atomic E-state index is 0.0546. The van der Waals surface area contributed by atoms with Gasteiger partial charge in [-0.05, 0) is 92.2 Å². The van der Waals surface area contributed by atoms with E-state index in [4.69, 9.17) is 20.8 Å². The van der Waals surface area contributed by atoms with Crippen molar-refractivity contribution in [3.8, 4) is 17.1 Å². The van der Waals surface area contributed by atoms with Crippen LogP contribution in [0.3, 0.4) is 0 Å². The van der Waals surface area contributed by atoms with E-state index < -0.39 is 11.2 Å². The van der Waals surface area contributed by atoms with Crippen molar-refractivity contribution in [2.24, 2.45) is 0 Å². The van der Waals surface area contributed by atoms with Crippen LogP contribution < -0.4 is 10.1 Å². The first kappa shape index (κ1) is 31.8. The second kappa shape index (κ2) is 14.9. The largest absolute Gasteiger partial charge is 0.616 e. The molecule has 5 rings (SSSR count). The van der Waals surface area contributed by atoms with Crippen LogP contribution in [0.4, 0.5) is 15.9 Å². The molecule has 0 spiro atoms. The van der Waals surface area contributed by atoms with Gasteiger partial charge in [0.25, 0.3) is 0 Å². The van der Waals surface area contributed by atoms with Crippen molar-refractivity contribution in [2.75, 3.05) is 30.4 Å². The molecule has 0 amide bonds. The van der Waals surface area contributed by atoms with E-state index in [0.717, 1.165) is 59.6 Å². The maximum atomic E-state index is 13.5. The van der Waals surface area contributed by atoms with Gasteiger partial charge in [0, 0.05) is 16.6 Å². The molecular weight excluding hydrogens is 599 g/mol. The van der Waals surface area contributed by atoms with Crippen molar-refractivity contribution in [1.29, 1.82) is 0 Å². The van der Waals surface area contributed by atoms with Gasteiger partial charge in [-0.1, -0.05) is 48.8 Å². The number of aromatic nitrogens is 2. The number of benzene rings is 3. The third-order valence-corrected chi connectivity index (χ3v) is 8.29. The molecule has 0 saturated heterocycles. The van der Waals surface area contributed by atoms with E-state index in [-0.39, 0.29) is 18.5 Å². The van der Waals surface area contributed by atoms with Crippen molar-refractivity contribution in [2.45, 2.75) is 39.3 Å². The van der Waals surface area contributed by atoms with E-state index in [9.17, 15) is 8.94 Å². The zero-order valence-corrected chi connectivity index (χ0v) is 26.6. The monoisotopic (exact) mass is 634 g/mol. The van der Waals surface area contributed by atoms with E-state index in [0.29, 0.717) is 27.9 Å². The van der Waals surface area contributed by atoms with Crippen LogP contribution >= 0.6 is 11.6 Å². The van der Waals surface area contributed by atoms with Gasteiger partial charge >= 0.3 is 0 Å². The number of rotatable bonds is 14. The molecule has 2 aromatic heterocycles. The molecule has 0 fully saturated rings. The van der Waals surface area contributed by atoms with Crippen molar-refractivity contribution in [3.63, 3.8) is 0 Å². The summed E-state index contributed by atoms with van der Waals surface area (Å²) in [7, 11) is 0. The fourth-order valence-corrected chi connectivity index (χ4v) is 6.26. The lowest BCUT2D eigenvalue weighted by molar-refractivity contribution is 0.191. The minimum atomic E-state index is -0.972. The number of hydrogen-bond acceptors (Lipinski definition) is 7.